The summed E-state index contributed by atoms with van der Waals surface area (Å²) in [6, 6.07) is 27.4. The number of anilines is 1. The maximum atomic E-state index is 13.5. The molecule has 0 saturated carbocycles. The van der Waals surface area contributed by atoms with Crippen LogP contribution in [0, 0.1) is 0 Å². The molecule has 0 fully saturated rings. The highest BCUT2D eigenvalue weighted by Gasteiger charge is 2.20. The first-order valence-electron chi connectivity index (χ1n) is 11.5. The Morgan fingerprint density at radius 2 is 1.63 bits per heavy atom. The second-order valence-corrected chi connectivity index (χ2v) is 9.00. The molecule has 0 saturated heterocycles. The predicted octanol–water partition coefficient (Wildman–Crippen LogP) is 5.19. The van der Waals surface area contributed by atoms with Gasteiger partial charge >= 0.3 is 0 Å². The third-order valence-corrected chi connectivity index (χ3v) is 6.72. The molecule has 3 aromatic carbocycles. The summed E-state index contributed by atoms with van der Waals surface area (Å²) in [6.07, 6.45) is 2.29. The number of hydrogen-bond donors (Lipinski definition) is 0. The minimum absolute atomic E-state index is 0.0283. The van der Waals surface area contributed by atoms with Gasteiger partial charge in [0.05, 0.1) is 24.0 Å². The Morgan fingerprint density at radius 3 is 2.43 bits per heavy atom. The number of rotatable bonds is 8. The molecule has 2 heterocycles. The van der Waals surface area contributed by atoms with Crippen molar-refractivity contribution >= 4 is 33.3 Å². The lowest BCUT2D eigenvalue weighted by molar-refractivity contribution is -0.118. The molecule has 5 rings (SSSR count). The number of aromatic nitrogens is 3. The van der Waals surface area contributed by atoms with Gasteiger partial charge in [0.2, 0.25) is 11.3 Å². The number of para-hydroxylation sites is 1. The number of benzene rings is 3. The highest BCUT2D eigenvalue weighted by atomic mass is 32.1. The molecule has 0 aliphatic carbocycles. The number of carbonyl (C=O) groups excluding carboxylic acids is 1. The Morgan fingerprint density at radius 1 is 0.914 bits per heavy atom. The molecule has 0 bridgehead atoms. The van der Waals surface area contributed by atoms with Crippen molar-refractivity contribution in [3.05, 3.63) is 112 Å². The molecule has 2 aromatic heterocycles. The first kappa shape index (κ1) is 22.7. The van der Waals surface area contributed by atoms with E-state index in [4.69, 9.17) is 4.98 Å². The molecule has 0 radical (unpaired) electrons. The minimum Gasteiger partial charge on any atom is -0.288 e. The van der Waals surface area contributed by atoms with E-state index >= 15 is 0 Å². The number of nitrogens with zero attached hydrogens (tertiary/aromatic N) is 4. The Labute approximate surface area is 207 Å². The summed E-state index contributed by atoms with van der Waals surface area (Å²) in [6.45, 7) is 0.904. The molecule has 1 amide bonds. The van der Waals surface area contributed by atoms with E-state index < -0.39 is 0 Å². The summed E-state index contributed by atoms with van der Waals surface area (Å²) in [5.74, 6) is -0.0283. The third kappa shape index (κ3) is 5.20. The number of hydrogen-bond acceptors (Lipinski definition) is 5. The second kappa shape index (κ2) is 10.4. The number of thiazole rings is 1. The lowest BCUT2D eigenvalue weighted by Crippen LogP contribution is -2.33. The van der Waals surface area contributed by atoms with Crippen LogP contribution < -0.4 is 10.3 Å². The van der Waals surface area contributed by atoms with Crippen LogP contribution >= 0.6 is 11.3 Å². The van der Waals surface area contributed by atoms with Crippen LogP contribution in [-0.2, 0) is 17.8 Å². The molecular formula is C28H24N4O2S. The van der Waals surface area contributed by atoms with Crippen LogP contribution in [0.4, 0.5) is 5.13 Å². The monoisotopic (exact) mass is 480 g/mol. The van der Waals surface area contributed by atoms with Crippen LogP contribution in [-0.4, -0.2) is 27.2 Å². The van der Waals surface area contributed by atoms with Gasteiger partial charge in [-0.2, -0.15) is 5.10 Å². The van der Waals surface area contributed by atoms with Gasteiger partial charge in [-0.1, -0.05) is 72.8 Å². The van der Waals surface area contributed by atoms with Gasteiger partial charge in [0.15, 0.2) is 5.13 Å². The molecule has 6 nitrogen and oxygen atoms in total. The van der Waals surface area contributed by atoms with Crippen molar-refractivity contribution in [1.29, 1.82) is 0 Å². The zero-order valence-corrected chi connectivity index (χ0v) is 19.9. The van der Waals surface area contributed by atoms with Crippen LogP contribution in [0.25, 0.3) is 22.2 Å². The topological polar surface area (TPSA) is 68.1 Å². The number of amides is 1. The van der Waals surface area contributed by atoms with Crippen LogP contribution in [0.1, 0.15) is 12.0 Å². The van der Waals surface area contributed by atoms with Gasteiger partial charge < -0.3 is 0 Å². The molecule has 174 valence electrons. The normalized spacial score (nSPS) is 11.0. The summed E-state index contributed by atoms with van der Waals surface area (Å²) in [5, 5.41) is 7.54. The van der Waals surface area contributed by atoms with Crippen molar-refractivity contribution in [2.24, 2.45) is 0 Å². The summed E-state index contributed by atoms with van der Waals surface area (Å²) in [7, 11) is 0. The maximum absolute atomic E-state index is 13.5. The first-order valence-corrected chi connectivity index (χ1v) is 12.4. The van der Waals surface area contributed by atoms with E-state index in [9.17, 15) is 9.59 Å². The first-order chi connectivity index (χ1) is 17.2. The summed E-state index contributed by atoms with van der Waals surface area (Å²) in [4.78, 5) is 32.2. The molecule has 0 spiro atoms. The van der Waals surface area contributed by atoms with E-state index in [0.29, 0.717) is 23.6 Å². The largest absolute Gasteiger partial charge is 0.288 e. The Bertz CT molecular complexity index is 1500. The van der Waals surface area contributed by atoms with Crippen molar-refractivity contribution in [3.8, 4) is 11.3 Å². The van der Waals surface area contributed by atoms with Gasteiger partial charge in [-0.05, 0) is 24.1 Å². The van der Waals surface area contributed by atoms with Crippen molar-refractivity contribution in [2.75, 3.05) is 11.4 Å². The number of fused-ring (bicyclic) bond motifs is 1. The lowest BCUT2D eigenvalue weighted by Gasteiger charge is -2.20. The highest BCUT2D eigenvalue weighted by molar-refractivity contribution is 7.14. The molecule has 7 heteroatoms. The summed E-state index contributed by atoms with van der Waals surface area (Å²) in [5.41, 5.74) is 3.65. The lowest BCUT2D eigenvalue weighted by atomic mass is 10.1. The maximum Gasteiger partial charge on any atom is 0.230 e. The van der Waals surface area contributed by atoms with E-state index in [1.54, 1.807) is 15.6 Å². The van der Waals surface area contributed by atoms with Crippen LogP contribution in [0.15, 0.2) is 101 Å². The van der Waals surface area contributed by atoms with E-state index in [0.717, 1.165) is 23.2 Å². The van der Waals surface area contributed by atoms with E-state index in [1.165, 1.54) is 23.1 Å². The average molecular weight is 481 g/mol. The van der Waals surface area contributed by atoms with Crippen molar-refractivity contribution in [3.63, 3.8) is 0 Å². The smallest absolute Gasteiger partial charge is 0.230 e. The second-order valence-electron chi connectivity index (χ2n) is 8.16. The van der Waals surface area contributed by atoms with Crippen molar-refractivity contribution in [1.82, 2.24) is 14.8 Å². The Balaban J connectivity index is 1.38. The minimum atomic E-state index is -0.121. The molecule has 35 heavy (non-hydrogen) atoms. The quantitative estimate of drug-likeness (QED) is 0.307. The van der Waals surface area contributed by atoms with Gasteiger partial charge in [-0.3, -0.25) is 19.2 Å². The van der Waals surface area contributed by atoms with Crippen molar-refractivity contribution in [2.45, 2.75) is 19.4 Å². The summed E-state index contributed by atoms with van der Waals surface area (Å²) < 4.78 is 1.72. The van der Waals surface area contributed by atoms with Crippen molar-refractivity contribution < 1.29 is 4.79 Å². The van der Waals surface area contributed by atoms with Crippen LogP contribution in [0.2, 0.25) is 0 Å². The standard InChI is InChI=1S/C28H24N4O2S/c33-26-19-29-32(25-14-8-7-13-23(25)26)18-16-27(34)31(17-15-21-9-3-1-4-10-21)28-30-24(20-35-28)22-11-5-2-6-12-22/h1-14,19-20H,15-18H2. The Kier molecular flexibility index (Phi) is 6.77. The fraction of sp³-hybridized carbons (Fsp3) is 0.143. The zero-order valence-electron chi connectivity index (χ0n) is 19.1. The number of aryl methyl sites for hydroxylation is 1. The van der Waals surface area contributed by atoms with Gasteiger partial charge in [0.1, 0.15) is 0 Å². The molecule has 0 N–H and O–H groups in total. The predicted molar refractivity (Wildman–Crippen MR) is 141 cm³/mol. The highest BCUT2D eigenvalue weighted by Crippen LogP contribution is 2.28. The molecule has 0 aliphatic rings. The molecular weight excluding hydrogens is 456 g/mol. The molecule has 5 aromatic rings. The number of carbonyl (C=O) groups is 1. The summed E-state index contributed by atoms with van der Waals surface area (Å²) >= 11 is 1.47. The van der Waals surface area contributed by atoms with E-state index in [1.807, 2.05) is 72.1 Å². The van der Waals surface area contributed by atoms with E-state index in [-0.39, 0.29) is 17.8 Å². The third-order valence-electron chi connectivity index (χ3n) is 5.86. The van der Waals surface area contributed by atoms with Crippen LogP contribution in [0.5, 0.6) is 0 Å². The van der Waals surface area contributed by atoms with Gasteiger partial charge in [-0.15, -0.1) is 11.3 Å². The molecule has 0 unspecified atom stereocenters. The van der Waals surface area contributed by atoms with E-state index in [2.05, 4.69) is 17.2 Å². The van der Waals surface area contributed by atoms with Gasteiger partial charge in [0.25, 0.3) is 0 Å². The van der Waals surface area contributed by atoms with Gasteiger partial charge in [0, 0.05) is 29.3 Å². The SMILES string of the molecule is O=C(CCn1ncc(=O)c2ccccc21)N(CCc1ccccc1)c1nc(-c2ccccc2)cs1. The Hall–Kier alpha value is -4.10. The fourth-order valence-corrected chi connectivity index (χ4v) is 4.90. The van der Waals surface area contributed by atoms with Gasteiger partial charge in [-0.25, -0.2) is 4.98 Å². The molecule has 0 atom stereocenters. The molecule has 0 aliphatic heterocycles. The van der Waals surface area contributed by atoms with Crippen LogP contribution in [0.3, 0.4) is 0 Å². The fourth-order valence-electron chi connectivity index (χ4n) is 4.02. The average Bonchev–Trinajstić information content (AvgIpc) is 3.40. The zero-order chi connectivity index (χ0) is 24.0.